The van der Waals surface area contributed by atoms with Crippen LogP contribution in [0.25, 0.3) is 0 Å². The Morgan fingerprint density at radius 1 is 1.10 bits per heavy atom. The van der Waals surface area contributed by atoms with Crippen molar-refractivity contribution >= 4 is 0 Å². The molecule has 0 aliphatic heterocycles. The maximum Gasteiger partial charge on any atom is 0.122 e. The van der Waals surface area contributed by atoms with Crippen molar-refractivity contribution in [3.8, 4) is 5.75 Å². The van der Waals surface area contributed by atoms with E-state index in [4.69, 9.17) is 9.47 Å². The number of hydrogen-bond acceptors (Lipinski definition) is 3. The van der Waals surface area contributed by atoms with Gasteiger partial charge in [-0.1, -0.05) is 39.3 Å². The predicted molar refractivity (Wildman–Crippen MR) is 89.4 cm³/mol. The zero-order chi connectivity index (χ0) is 15.5. The smallest absolute Gasteiger partial charge is 0.122 e. The summed E-state index contributed by atoms with van der Waals surface area (Å²) in [5.41, 5.74) is 2.52. The highest BCUT2D eigenvalue weighted by molar-refractivity contribution is 5.37. The van der Waals surface area contributed by atoms with Crippen LogP contribution < -0.4 is 10.1 Å². The summed E-state index contributed by atoms with van der Waals surface area (Å²) in [5.74, 6) is 1.54. The van der Waals surface area contributed by atoms with E-state index in [0.717, 1.165) is 38.5 Å². The van der Waals surface area contributed by atoms with Crippen LogP contribution in [0.1, 0.15) is 50.7 Å². The Balaban J connectivity index is 2.16. The van der Waals surface area contributed by atoms with Crippen molar-refractivity contribution < 1.29 is 9.47 Å². The van der Waals surface area contributed by atoms with E-state index >= 15 is 0 Å². The van der Waals surface area contributed by atoms with Crippen LogP contribution in [-0.2, 0) is 4.74 Å². The molecule has 0 aliphatic rings. The molecule has 0 radical (unpaired) electrons. The number of ether oxygens (including phenoxy) is 2. The normalized spacial score (nSPS) is 11.1. The first-order chi connectivity index (χ1) is 10.1. The van der Waals surface area contributed by atoms with Gasteiger partial charge in [-0.3, -0.25) is 0 Å². The fourth-order valence-corrected chi connectivity index (χ4v) is 1.98. The molecular formula is C18H31NO2. The Bertz CT molecular complexity index is 391. The summed E-state index contributed by atoms with van der Waals surface area (Å²) in [6.45, 7) is 12.8. The van der Waals surface area contributed by atoms with Crippen molar-refractivity contribution in [2.75, 3.05) is 32.9 Å². The molecule has 3 heteroatoms. The Hall–Kier alpha value is -1.06. The van der Waals surface area contributed by atoms with E-state index in [1.807, 2.05) is 0 Å². The van der Waals surface area contributed by atoms with E-state index < -0.39 is 0 Å². The molecule has 0 spiro atoms. The highest BCUT2D eigenvalue weighted by Gasteiger charge is 2.04. The third-order valence-electron chi connectivity index (χ3n) is 3.48. The summed E-state index contributed by atoms with van der Waals surface area (Å²) < 4.78 is 11.4. The maximum atomic E-state index is 5.87. The van der Waals surface area contributed by atoms with Crippen LogP contribution in [-0.4, -0.2) is 32.9 Å². The molecule has 0 saturated heterocycles. The van der Waals surface area contributed by atoms with Gasteiger partial charge in [0.1, 0.15) is 12.4 Å². The van der Waals surface area contributed by atoms with Crippen molar-refractivity contribution in [2.45, 2.75) is 46.5 Å². The lowest BCUT2D eigenvalue weighted by molar-refractivity contribution is 0.132. The SMILES string of the molecule is CCCCOCCNCCOc1cc(C(C)C)ccc1C. The van der Waals surface area contributed by atoms with E-state index in [9.17, 15) is 0 Å². The molecule has 0 bridgehead atoms. The number of nitrogens with one attached hydrogen (secondary N) is 1. The molecule has 0 atom stereocenters. The van der Waals surface area contributed by atoms with Crippen LogP contribution in [0, 0.1) is 6.92 Å². The van der Waals surface area contributed by atoms with Crippen LogP contribution in [0.5, 0.6) is 5.75 Å². The molecule has 0 unspecified atom stereocenters. The molecule has 1 aromatic carbocycles. The van der Waals surface area contributed by atoms with Crippen molar-refractivity contribution in [3.63, 3.8) is 0 Å². The topological polar surface area (TPSA) is 30.5 Å². The summed E-state index contributed by atoms with van der Waals surface area (Å²) >= 11 is 0. The molecule has 1 aromatic rings. The van der Waals surface area contributed by atoms with E-state index in [1.54, 1.807) is 0 Å². The second-order valence-corrected chi connectivity index (χ2v) is 5.74. The Labute approximate surface area is 130 Å². The zero-order valence-corrected chi connectivity index (χ0v) is 14.1. The second kappa shape index (κ2) is 10.6. The van der Waals surface area contributed by atoms with E-state index in [-0.39, 0.29) is 0 Å². The first kappa shape index (κ1) is 18.0. The highest BCUT2D eigenvalue weighted by atomic mass is 16.5. The average molecular weight is 293 g/mol. The summed E-state index contributed by atoms with van der Waals surface area (Å²) in [6, 6.07) is 6.48. The third-order valence-corrected chi connectivity index (χ3v) is 3.48. The number of benzene rings is 1. The van der Waals surface area contributed by atoms with Gasteiger partial charge in [0.05, 0.1) is 6.61 Å². The van der Waals surface area contributed by atoms with Crippen LogP contribution in [0.4, 0.5) is 0 Å². The molecule has 120 valence electrons. The third kappa shape index (κ3) is 7.49. The fraction of sp³-hybridized carbons (Fsp3) is 0.667. The Morgan fingerprint density at radius 2 is 1.86 bits per heavy atom. The molecule has 0 amide bonds. The molecule has 0 heterocycles. The largest absolute Gasteiger partial charge is 0.492 e. The maximum absolute atomic E-state index is 5.87. The molecule has 1 rings (SSSR count). The lowest BCUT2D eigenvalue weighted by Crippen LogP contribution is -2.25. The van der Waals surface area contributed by atoms with Crippen molar-refractivity contribution in [2.24, 2.45) is 0 Å². The van der Waals surface area contributed by atoms with Gasteiger partial charge in [-0.05, 0) is 36.5 Å². The second-order valence-electron chi connectivity index (χ2n) is 5.74. The predicted octanol–water partition coefficient (Wildman–Crippen LogP) is 3.90. The van der Waals surface area contributed by atoms with Gasteiger partial charge in [-0.2, -0.15) is 0 Å². The lowest BCUT2D eigenvalue weighted by Gasteiger charge is -2.13. The number of unbranched alkanes of at least 4 members (excludes halogenated alkanes) is 1. The Morgan fingerprint density at radius 3 is 2.57 bits per heavy atom. The molecule has 0 aliphatic carbocycles. The molecule has 3 nitrogen and oxygen atoms in total. The standard InChI is InChI=1S/C18H31NO2/c1-5-6-11-20-12-9-19-10-13-21-18-14-17(15(2)3)8-7-16(18)4/h7-8,14-15,19H,5-6,9-13H2,1-4H3. The molecule has 0 saturated carbocycles. The minimum Gasteiger partial charge on any atom is -0.492 e. The van der Waals surface area contributed by atoms with Crippen LogP contribution in [0.2, 0.25) is 0 Å². The number of rotatable bonds is 11. The van der Waals surface area contributed by atoms with E-state index in [2.05, 4.69) is 51.2 Å². The summed E-state index contributed by atoms with van der Waals surface area (Å²) in [7, 11) is 0. The van der Waals surface area contributed by atoms with Gasteiger partial charge >= 0.3 is 0 Å². The summed E-state index contributed by atoms with van der Waals surface area (Å²) in [6.07, 6.45) is 2.34. The molecule has 21 heavy (non-hydrogen) atoms. The van der Waals surface area contributed by atoms with Gasteiger partial charge in [-0.15, -0.1) is 0 Å². The summed E-state index contributed by atoms with van der Waals surface area (Å²) in [5, 5.41) is 3.34. The van der Waals surface area contributed by atoms with Crippen molar-refractivity contribution in [1.29, 1.82) is 0 Å². The van der Waals surface area contributed by atoms with Crippen LogP contribution in [0.15, 0.2) is 18.2 Å². The Kier molecular flexibility index (Phi) is 9.11. The molecular weight excluding hydrogens is 262 g/mol. The molecule has 1 N–H and O–H groups in total. The van der Waals surface area contributed by atoms with Crippen molar-refractivity contribution in [1.82, 2.24) is 5.32 Å². The van der Waals surface area contributed by atoms with Gasteiger partial charge in [0, 0.05) is 19.7 Å². The minimum atomic E-state index is 0.534. The van der Waals surface area contributed by atoms with E-state index in [0.29, 0.717) is 12.5 Å². The highest BCUT2D eigenvalue weighted by Crippen LogP contribution is 2.24. The lowest BCUT2D eigenvalue weighted by atomic mass is 10.0. The summed E-state index contributed by atoms with van der Waals surface area (Å²) in [4.78, 5) is 0. The average Bonchev–Trinajstić information content (AvgIpc) is 2.47. The first-order valence-electron chi connectivity index (χ1n) is 8.17. The number of hydrogen-bond donors (Lipinski definition) is 1. The minimum absolute atomic E-state index is 0.534. The van der Waals surface area contributed by atoms with Crippen LogP contribution in [0.3, 0.4) is 0 Å². The first-order valence-corrected chi connectivity index (χ1v) is 8.17. The van der Waals surface area contributed by atoms with E-state index in [1.165, 1.54) is 17.5 Å². The fourth-order valence-electron chi connectivity index (χ4n) is 1.98. The van der Waals surface area contributed by atoms with Crippen LogP contribution >= 0.6 is 0 Å². The van der Waals surface area contributed by atoms with Crippen molar-refractivity contribution in [3.05, 3.63) is 29.3 Å². The van der Waals surface area contributed by atoms with Gasteiger partial charge in [0.15, 0.2) is 0 Å². The quantitative estimate of drug-likeness (QED) is 0.628. The van der Waals surface area contributed by atoms with Gasteiger partial charge in [0.25, 0.3) is 0 Å². The molecule has 0 aromatic heterocycles. The van der Waals surface area contributed by atoms with Gasteiger partial charge < -0.3 is 14.8 Å². The van der Waals surface area contributed by atoms with Gasteiger partial charge in [0.2, 0.25) is 0 Å². The number of aryl methyl sites for hydroxylation is 1. The molecule has 0 fully saturated rings. The zero-order valence-electron chi connectivity index (χ0n) is 14.1. The van der Waals surface area contributed by atoms with Gasteiger partial charge in [-0.25, -0.2) is 0 Å². The monoisotopic (exact) mass is 293 g/mol.